The van der Waals surface area contributed by atoms with Gasteiger partial charge in [-0.05, 0) is 42.5 Å². The van der Waals surface area contributed by atoms with E-state index in [1.165, 1.54) is 18.4 Å². The van der Waals surface area contributed by atoms with Crippen molar-refractivity contribution < 1.29 is 17.9 Å². The van der Waals surface area contributed by atoms with Crippen LogP contribution in [-0.4, -0.2) is 27.9 Å². The third kappa shape index (κ3) is 4.95. The molecule has 2 rings (SSSR count). The lowest BCUT2D eigenvalue weighted by Crippen LogP contribution is -2.09. The molecule has 2 aromatic rings. The van der Waals surface area contributed by atoms with Crippen LogP contribution >= 0.6 is 11.6 Å². The Labute approximate surface area is 129 Å². The average Bonchev–Trinajstić information content (AvgIpc) is 2.43. The second kappa shape index (κ2) is 6.83. The summed E-state index contributed by atoms with van der Waals surface area (Å²) in [5.74, 6) is 1.27. The molecule has 0 saturated heterocycles. The monoisotopic (exact) mass is 326 g/mol. The van der Waals surface area contributed by atoms with Crippen molar-refractivity contribution in [3.8, 4) is 11.5 Å². The molecule has 21 heavy (non-hydrogen) atoms. The molecule has 0 aromatic heterocycles. The van der Waals surface area contributed by atoms with Gasteiger partial charge >= 0.3 is 0 Å². The predicted octanol–water partition coefficient (Wildman–Crippen LogP) is 3.20. The molecule has 2 aromatic carbocycles. The number of hydrogen-bond donors (Lipinski definition) is 0. The molecular formula is C15H15ClO4S. The van der Waals surface area contributed by atoms with E-state index in [0.29, 0.717) is 29.7 Å². The minimum atomic E-state index is -3.18. The van der Waals surface area contributed by atoms with Crippen LogP contribution in [0.3, 0.4) is 0 Å². The Morgan fingerprint density at radius 3 is 2.14 bits per heavy atom. The molecule has 0 aliphatic carbocycles. The first-order valence-corrected chi connectivity index (χ1v) is 8.53. The Bertz CT molecular complexity index is 696. The quantitative estimate of drug-likeness (QED) is 0.765. The van der Waals surface area contributed by atoms with Gasteiger partial charge in [0.25, 0.3) is 0 Å². The van der Waals surface area contributed by atoms with E-state index in [9.17, 15) is 8.42 Å². The fourth-order valence-electron chi connectivity index (χ4n) is 1.66. The highest BCUT2D eigenvalue weighted by atomic mass is 35.5. The maximum atomic E-state index is 11.3. The van der Waals surface area contributed by atoms with E-state index in [-0.39, 0.29) is 4.90 Å². The van der Waals surface area contributed by atoms with Crippen molar-refractivity contribution >= 4 is 21.4 Å². The standard InChI is InChI=1S/C15H15ClO4S/c1-21(17,18)15-7-5-13(6-8-15)19-9-10-20-14-4-2-3-12(16)11-14/h2-8,11H,9-10H2,1H3. The number of benzene rings is 2. The normalized spacial score (nSPS) is 11.1. The van der Waals surface area contributed by atoms with Gasteiger partial charge in [-0.1, -0.05) is 17.7 Å². The minimum absolute atomic E-state index is 0.269. The molecular weight excluding hydrogens is 312 g/mol. The smallest absolute Gasteiger partial charge is 0.175 e. The van der Waals surface area contributed by atoms with E-state index in [4.69, 9.17) is 21.1 Å². The Morgan fingerprint density at radius 2 is 1.57 bits per heavy atom. The second-order valence-corrected chi connectivity index (χ2v) is 6.85. The van der Waals surface area contributed by atoms with Crippen LogP contribution in [0.4, 0.5) is 0 Å². The summed E-state index contributed by atoms with van der Waals surface area (Å²) in [4.78, 5) is 0.269. The van der Waals surface area contributed by atoms with Crippen molar-refractivity contribution in [2.24, 2.45) is 0 Å². The second-order valence-electron chi connectivity index (χ2n) is 4.40. The van der Waals surface area contributed by atoms with Gasteiger partial charge < -0.3 is 9.47 Å². The van der Waals surface area contributed by atoms with Crippen LogP contribution in [-0.2, 0) is 9.84 Å². The Kier molecular flexibility index (Phi) is 5.09. The molecule has 0 N–H and O–H groups in total. The molecule has 0 fully saturated rings. The van der Waals surface area contributed by atoms with E-state index in [0.717, 1.165) is 0 Å². The largest absolute Gasteiger partial charge is 0.490 e. The van der Waals surface area contributed by atoms with Gasteiger partial charge in [0.05, 0.1) is 4.90 Å². The first-order chi connectivity index (χ1) is 9.95. The molecule has 112 valence electrons. The lowest BCUT2D eigenvalue weighted by Gasteiger charge is -2.09. The average molecular weight is 327 g/mol. The summed E-state index contributed by atoms with van der Waals surface area (Å²) in [5, 5.41) is 0.616. The number of hydrogen-bond acceptors (Lipinski definition) is 4. The number of halogens is 1. The van der Waals surface area contributed by atoms with Crippen molar-refractivity contribution in [2.45, 2.75) is 4.90 Å². The van der Waals surface area contributed by atoms with E-state index in [1.807, 2.05) is 12.1 Å². The molecule has 0 spiro atoms. The van der Waals surface area contributed by atoms with Crippen molar-refractivity contribution in [1.29, 1.82) is 0 Å². The summed E-state index contributed by atoms with van der Waals surface area (Å²) in [6.07, 6.45) is 1.17. The highest BCUT2D eigenvalue weighted by molar-refractivity contribution is 7.90. The van der Waals surface area contributed by atoms with Gasteiger partial charge in [0.2, 0.25) is 0 Å². The fourth-order valence-corrected chi connectivity index (χ4v) is 2.47. The Balaban J connectivity index is 1.81. The van der Waals surface area contributed by atoms with Gasteiger partial charge in [-0.2, -0.15) is 0 Å². The molecule has 0 bridgehead atoms. The van der Waals surface area contributed by atoms with Crippen LogP contribution in [0.25, 0.3) is 0 Å². The topological polar surface area (TPSA) is 52.6 Å². The highest BCUT2D eigenvalue weighted by Gasteiger charge is 2.06. The third-order valence-electron chi connectivity index (χ3n) is 2.67. The van der Waals surface area contributed by atoms with E-state index >= 15 is 0 Å². The molecule has 0 aliphatic heterocycles. The Hall–Kier alpha value is -1.72. The van der Waals surface area contributed by atoms with Crippen LogP contribution in [0.1, 0.15) is 0 Å². The number of ether oxygens (including phenoxy) is 2. The van der Waals surface area contributed by atoms with E-state index in [2.05, 4.69) is 0 Å². The molecule has 6 heteroatoms. The number of rotatable bonds is 6. The zero-order chi connectivity index (χ0) is 15.3. The first-order valence-electron chi connectivity index (χ1n) is 6.26. The van der Waals surface area contributed by atoms with Crippen LogP contribution in [0.2, 0.25) is 5.02 Å². The lowest BCUT2D eigenvalue weighted by atomic mass is 10.3. The van der Waals surface area contributed by atoms with Crippen LogP contribution in [0, 0.1) is 0 Å². The van der Waals surface area contributed by atoms with Crippen molar-refractivity contribution in [1.82, 2.24) is 0 Å². The van der Waals surface area contributed by atoms with Crippen LogP contribution < -0.4 is 9.47 Å². The molecule has 4 nitrogen and oxygen atoms in total. The first kappa shape index (κ1) is 15.7. The van der Waals surface area contributed by atoms with E-state index in [1.54, 1.807) is 24.3 Å². The lowest BCUT2D eigenvalue weighted by molar-refractivity contribution is 0.217. The molecule has 0 heterocycles. The molecule has 0 radical (unpaired) electrons. The SMILES string of the molecule is CS(=O)(=O)c1ccc(OCCOc2cccc(Cl)c2)cc1. The fraction of sp³-hybridized carbons (Fsp3) is 0.200. The van der Waals surface area contributed by atoms with Crippen LogP contribution in [0.15, 0.2) is 53.4 Å². The molecule has 0 aliphatic rings. The minimum Gasteiger partial charge on any atom is -0.490 e. The van der Waals surface area contributed by atoms with Gasteiger partial charge in [-0.15, -0.1) is 0 Å². The van der Waals surface area contributed by atoms with Gasteiger partial charge in [-0.25, -0.2) is 8.42 Å². The summed E-state index contributed by atoms with van der Waals surface area (Å²) in [6, 6.07) is 13.4. The summed E-state index contributed by atoms with van der Waals surface area (Å²) in [5.41, 5.74) is 0. The predicted molar refractivity (Wildman–Crippen MR) is 82.0 cm³/mol. The van der Waals surface area contributed by atoms with Gasteiger partial charge in [0.1, 0.15) is 24.7 Å². The number of sulfone groups is 1. The molecule has 0 amide bonds. The van der Waals surface area contributed by atoms with Gasteiger partial charge in [-0.3, -0.25) is 0 Å². The zero-order valence-electron chi connectivity index (χ0n) is 11.5. The van der Waals surface area contributed by atoms with Crippen LogP contribution in [0.5, 0.6) is 11.5 Å². The highest BCUT2D eigenvalue weighted by Crippen LogP contribution is 2.18. The Morgan fingerprint density at radius 1 is 0.952 bits per heavy atom. The summed E-state index contributed by atoms with van der Waals surface area (Å²) < 4.78 is 33.6. The van der Waals surface area contributed by atoms with Crippen molar-refractivity contribution in [2.75, 3.05) is 19.5 Å². The van der Waals surface area contributed by atoms with Crippen molar-refractivity contribution in [3.05, 3.63) is 53.6 Å². The molecule has 0 saturated carbocycles. The molecule has 0 unspecified atom stereocenters. The summed E-state index contributed by atoms with van der Waals surface area (Å²) in [7, 11) is -3.18. The van der Waals surface area contributed by atoms with Gasteiger partial charge in [0, 0.05) is 11.3 Å². The van der Waals surface area contributed by atoms with Gasteiger partial charge in [0.15, 0.2) is 9.84 Å². The molecule has 0 atom stereocenters. The summed E-state index contributed by atoms with van der Waals surface area (Å²) in [6.45, 7) is 0.721. The summed E-state index contributed by atoms with van der Waals surface area (Å²) >= 11 is 5.84. The third-order valence-corrected chi connectivity index (χ3v) is 4.03. The van der Waals surface area contributed by atoms with Crippen molar-refractivity contribution in [3.63, 3.8) is 0 Å². The maximum Gasteiger partial charge on any atom is 0.175 e. The zero-order valence-corrected chi connectivity index (χ0v) is 13.0. The maximum absolute atomic E-state index is 11.3. The van der Waals surface area contributed by atoms with E-state index < -0.39 is 9.84 Å².